The molecule has 2 aromatic rings. The van der Waals surface area contributed by atoms with Crippen LogP contribution in [0, 0.1) is 13.8 Å². The zero-order valence-corrected chi connectivity index (χ0v) is 12.6. The predicted molar refractivity (Wildman–Crippen MR) is 83.5 cm³/mol. The molecule has 0 bridgehead atoms. The monoisotopic (exact) mass is 286 g/mol. The van der Waals surface area contributed by atoms with Crippen molar-refractivity contribution in [2.75, 3.05) is 0 Å². The van der Waals surface area contributed by atoms with E-state index in [1.807, 2.05) is 25.1 Å². The number of aliphatic hydroxyl groups is 1. The Morgan fingerprint density at radius 3 is 2.67 bits per heavy atom. The summed E-state index contributed by atoms with van der Waals surface area (Å²) in [7, 11) is 0. The van der Waals surface area contributed by atoms with E-state index < -0.39 is 0 Å². The molecule has 1 saturated carbocycles. The van der Waals surface area contributed by atoms with Gasteiger partial charge in [-0.3, -0.25) is 4.79 Å². The van der Waals surface area contributed by atoms with Crippen LogP contribution in [0.3, 0.4) is 0 Å². The lowest BCUT2D eigenvalue weighted by molar-refractivity contribution is 0.0869. The third-order valence-corrected chi connectivity index (χ3v) is 4.62. The van der Waals surface area contributed by atoms with Gasteiger partial charge in [0.2, 0.25) is 0 Å². The van der Waals surface area contributed by atoms with Gasteiger partial charge < -0.3 is 15.4 Å². The molecule has 1 aromatic carbocycles. The van der Waals surface area contributed by atoms with Gasteiger partial charge in [-0.05, 0) is 51.2 Å². The average Bonchev–Trinajstić information content (AvgIpc) is 2.77. The number of aromatic nitrogens is 1. The largest absolute Gasteiger partial charge is 0.393 e. The molecular formula is C17H22N2O2. The maximum Gasteiger partial charge on any atom is 0.253 e. The van der Waals surface area contributed by atoms with Crippen molar-refractivity contribution in [2.45, 2.75) is 51.7 Å². The number of para-hydroxylation sites is 1. The lowest BCUT2D eigenvalue weighted by Crippen LogP contribution is -2.38. The molecule has 0 unspecified atom stereocenters. The summed E-state index contributed by atoms with van der Waals surface area (Å²) < 4.78 is 0. The molecule has 0 atom stereocenters. The van der Waals surface area contributed by atoms with Crippen LogP contribution in [0.15, 0.2) is 18.2 Å². The van der Waals surface area contributed by atoms with Crippen LogP contribution in [0.4, 0.5) is 0 Å². The molecule has 1 fully saturated rings. The number of benzene rings is 1. The molecule has 0 spiro atoms. The van der Waals surface area contributed by atoms with Gasteiger partial charge in [0.25, 0.3) is 5.91 Å². The Morgan fingerprint density at radius 1 is 1.24 bits per heavy atom. The van der Waals surface area contributed by atoms with Crippen molar-refractivity contribution in [2.24, 2.45) is 0 Å². The van der Waals surface area contributed by atoms with E-state index in [9.17, 15) is 9.90 Å². The number of H-pyrrole nitrogens is 1. The van der Waals surface area contributed by atoms with Crippen LogP contribution in [0.1, 0.15) is 47.3 Å². The fraction of sp³-hybridized carbons (Fsp3) is 0.471. The van der Waals surface area contributed by atoms with Crippen LogP contribution < -0.4 is 5.32 Å². The van der Waals surface area contributed by atoms with E-state index in [1.165, 1.54) is 5.56 Å². The molecule has 1 aliphatic rings. The Labute approximate surface area is 124 Å². The van der Waals surface area contributed by atoms with Crippen LogP contribution >= 0.6 is 0 Å². The first-order valence-electron chi connectivity index (χ1n) is 7.63. The summed E-state index contributed by atoms with van der Waals surface area (Å²) in [5.74, 6) is -0.0248. The molecule has 1 amide bonds. The number of carbonyl (C=O) groups excluding carboxylic acids is 1. The highest BCUT2D eigenvalue weighted by Gasteiger charge is 2.22. The topological polar surface area (TPSA) is 65.1 Å². The lowest BCUT2D eigenvalue weighted by Gasteiger charge is -2.26. The first-order valence-corrected chi connectivity index (χ1v) is 7.63. The van der Waals surface area contributed by atoms with Gasteiger partial charge in [0.1, 0.15) is 0 Å². The SMILES string of the molecule is Cc1[nH]c2c(C(=O)NC3CCC(O)CC3)cccc2c1C. The normalized spacial score (nSPS) is 22.4. The summed E-state index contributed by atoms with van der Waals surface area (Å²) in [4.78, 5) is 15.9. The second-order valence-electron chi connectivity index (χ2n) is 6.08. The molecule has 3 rings (SSSR count). The van der Waals surface area contributed by atoms with Gasteiger partial charge in [0.05, 0.1) is 17.2 Å². The van der Waals surface area contributed by atoms with Gasteiger partial charge >= 0.3 is 0 Å². The number of nitrogens with one attached hydrogen (secondary N) is 2. The molecule has 0 saturated heterocycles. The van der Waals surface area contributed by atoms with E-state index in [1.54, 1.807) is 0 Å². The molecule has 1 aliphatic carbocycles. The Balaban J connectivity index is 1.83. The molecule has 4 heteroatoms. The fourth-order valence-electron chi connectivity index (χ4n) is 3.16. The first-order chi connectivity index (χ1) is 10.1. The quantitative estimate of drug-likeness (QED) is 0.795. The molecular weight excluding hydrogens is 264 g/mol. The van der Waals surface area contributed by atoms with E-state index in [-0.39, 0.29) is 18.1 Å². The van der Waals surface area contributed by atoms with Crippen molar-refractivity contribution < 1.29 is 9.90 Å². The van der Waals surface area contributed by atoms with Crippen molar-refractivity contribution in [1.29, 1.82) is 0 Å². The summed E-state index contributed by atoms with van der Waals surface area (Å²) in [6, 6.07) is 6.02. The molecule has 112 valence electrons. The Kier molecular flexibility index (Phi) is 3.72. The molecule has 0 aliphatic heterocycles. The third kappa shape index (κ3) is 2.68. The standard InChI is InChI=1S/C17H22N2O2/c1-10-11(2)18-16-14(10)4-3-5-15(16)17(21)19-12-6-8-13(20)9-7-12/h3-5,12-13,18,20H,6-9H2,1-2H3,(H,19,21). The number of aliphatic hydroxyl groups excluding tert-OH is 1. The lowest BCUT2D eigenvalue weighted by atomic mass is 9.93. The highest BCUT2D eigenvalue weighted by atomic mass is 16.3. The number of aromatic amines is 1. The van der Waals surface area contributed by atoms with Gasteiger partial charge in [-0.25, -0.2) is 0 Å². The Hall–Kier alpha value is -1.81. The van der Waals surface area contributed by atoms with Crippen LogP contribution in [0.2, 0.25) is 0 Å². The highest BCUT2D eigenvalue weighted by molar-refractivity contribution is 6.06. The number of aryl methyl sites for hydroxylation is 2. The smallest absolute Gasteiger partial charge is 0.253 e. The number of rotatable bonds is 2. The van der Waals surface area contributed by atoms with Crippen molar-refractivity contribution >= 4 is 16.8 Å². The predicted octanol–water partition coefficient (Wildman–Crippen LogP) is 2.82. The zero-order valence-electron chi connectivity index (χ0n) is 12.6. The number of hydrogen-bond acceptors (Lipinski definition) is 2. The number of amides is 1. The van der Waals surface area contributed by atoms with Crippen LogP contribution in [0.25, 0.3) is 10.9 Å². The van der Waals surface area contributed by atoms with E-state index >= 15 is 0 Å². The summed E-state index contributed by atoms with van der Waals surface area (Å²) >= 11 is 0. The maximum absolute atomic E-state index is 12.5. The number of fused-ring (bicyclic) bond motifs is 1. The Bertz CT molecular complexity index is 667. The molecule has 3 N–H and O–H groups in total. The fourth-order valence-corrected chi connectivity index (χ4v) is 3.16. The zero-order chi connectivity index (χ0) is 15.0. The molecule has 0 radical (unpaired) electrons. The van der Waals surface area contributed by atoms with E-state index in [2.05, 4.69) is 17.2 Å². The first kappa shape index (κ1) is 14.1. The molecule has 21 heavy (non-hydrogen) atoms. The van der Waals surface area contributed by atoms with Crippen molar-refractivity contribution in [3.63, 3.8) is 0 Å². The minimum Gasteiger partial charge on any atom is -0.393 e. The molecule has 4 nitrogen and oxygen atoms in total. The Morgan fingerprint density at radius 2 is 1.95 bits per heavy atom. The highest BCUT2D eigenvalue weighted by Crippen LogP contribution is 2.25. The van der Waals surface area contributed by atoms with E-state index in [4.69, 9.17) is 0 Å². The number of carbonyl (C=O) groups is 1. The maximum atomic E-state index is 12.5. The van der Waals surface area contributed by atoms with Gasteiger partial charge in [-0.2, -0.15) is 0 Å². The third-order valence-electron chi connectivity index (χ3n) is 4.62. The van der Waals surface area contributed by atoms with E-state index in [0.717, 1.165) is 42.3 Å². The summed E-state index contributed by atoms with van der Waals surface area (Å²) in [6.45, 7) is 4.10. The molecule has 1 heterocycles. The van der Waals surface area contributed by atoms with Gasteiger partial charge in [0, 0.05) is 17.1 Å². The number of hydrogen-bond donors (Lipinski definition) is 3. The van der Waals surface area contributed by atoms with Crippen LogP contribution in [0.5, 0.6) is 0 Å². The van der Waals surface area contributed by atoms with Crippen molar-refractivity contribution in [1.82, 2.24) is 10.3 Å². The van der Waals surface area contributed by atoms with Gasteiger partial charge in [-0.15, -0.1) is 0 Å². The summed E-state index contributed by atoms with van der Waals surface area (Å²) in [5, 5.41) is 13.8. The second-order valence-corrected chi connectivity index (χ2v) is 6.08. The van der Waals surface area contributed by atoms with E-state index in [0.29, 0.717) is 5.56 Å². The molecule has 1 aromatic heterocycles. The van der Waals surface area contributed by atoms with Gasteiger partial charge in [0.15, 0.2) is 0 Å². The minimum absolute atomic E-state index is 0.0248. The van der Waals surface area contributed by atoms with Crippen LogP contribution in [-0.2, 0) is 0 Å². The minimum atomic E-state index is -0.199. The second kappa shape index (κ2) is 5.53. The van der Waals surface area contributed by atoms with Crippen LogP contribution in [-0.4, -0.2) is 28.1 Å². The van der Waals surface area contributed by atoms with Crippen molar-refractivity contribution in [3.8, 4) is 0 Å². The van der Waals surface area contributed by atoms with Gasteiger partial charge in [-0.1, -0.05) is 12.1 Å². The van der Waals surface area contributed by atoms with Crippen molar-refractivity contribution in [3.05, 3.63) is 35.0 Å². The summed E-state index contributed by atoms with van der Waals surface area (Å²) in [5.41, 5.74) is 3.92. The average molecular weight is 286 g/mol. The summed E-state index contributed by atoms with van der Waals surface area (Å²) in [6.07, 6.45) is 3.05.